The van der Waals surface area contributed by atoms with E-state index in [2.05, 4.69) is 32.7 Å². The topological polar surface area (TPSA) is 75.7 Å². The van der Waals surface area contributed by atoms with Crippen LogP contribution in [0.2, 0.25) is 0 Å². The molecule has 2 N–H and O–H groups in total. The highest BCUT2D eigenvalue weighted by Crippen LogP contribution is 2.30. The standard InChI is InChI=1S/C21H28N4O3/c1-3-24-21(26)15-28-19-5-4-16(12-20(19)27-2)14-25-11-10-23-13-18(25)17-6-8-22-9-7-17/h4-9,12,18,23H,3,10-11,13-15H2,1-2H3,(H,24,26). The van der Waals surface area contributed by atoms with Gasteiger partial charge < -0.3 is 20.1 Å². The largest absolute Gasteiger partial charge is 0.493 e. The van der Waals surface area contributed by atoms with E-state index in [1.54, 1.807) is 7.11 Å². The monoisotopic (exact) mass is 384 g/mol. The number of aromatic nitrogens is 1. The maximum absolute atomic E-state index is 11.6. The zero-order valence-corrected chi connectivity index (χ0v) is 16.5. The average Bonchev–Trinajstić information content (AvgIpc) is 2.74. The number of nitrogens with one attached hydrogen (secondary N) is 2. The van der Waals surface area contributed by atoms with Crippen LogP contribution in [0, 0.1) is 0 Å². The van der Waals surface area contributed by atoms with Crippen molar-refractivity contribution in [2.24, 2.45) is 0 Å². The number of ether oxygens (including phenoxy) is 2. The van der Waals surface area contributed by atoms with Crippen molar-refractivity contribution in [1.82, 2.24) is 20.5 Å². The van der Waals surface area contributed by atoms with Gasteiger partial charge >= 0.3 is 0 Å². The smallest absolute Gasteiger partial charge is 0.257 e. The van der Waals surface area contributed by atoms with E-state index in [-0.39, 0.29) is 12.5 Å². The zero-order valence-electron chi connectivity index (χ0n) is 16.5. The van der Waals surface area contributed by atoms with Crippen LogP contribution in [0.25, 0.3) is 0 Å². The summed E-state index contributed by atoms with van der Waals surface area (Å²) in [6.45, 7) is 6.09. The van der Waals surface area contributed by atoms with Crippen LogP contribution in [0.3, 0.4) is 0 Å². The molecule has 3 rings (SSSR count). The molecule has 7 heteroatoms. The number of hydrogen-bond acceptors (Lipinski definition) is 6. The summed E-state index contributed by atoms with van der Waals surface area (Å²) in [5, 5.41) is 6.19. The van der Waals surface area contributed by atoms with Gasteiger partial charge in [-0.1, -0.05) is 6.07 Å². The summed E-state index contributed by atoms with van der Waals surface area (Å²) in [6, 6.07) is 10.3. The maximum atomic E-state index is 11.6. The summed E-state index contributed by atoms with van der Waals surface area (Å²) in [4.78, 5) is 18.2. The molecule has 0 bridgehead atoms. The van der Waals surface area contributed by atoms with Gasteiger partial charge in [0.05, 0.1) is 7.11 Å². The van der Waals surface area contributed by atoms with Gasteiger partial charge in [-0.05, 0) is 42.3 Å². The summed E-state index contributed by atoms with van der Waals surface area (Å²) >= 11 is 0. The van der Waals surface area contributed by atoms with Crippen molar-refractivity contribution in [2.75, 3.05) is 39.9 Å². The summed E-state index contributed by atoms with van der Waals surface area (Å²) in [5.74, 6) is 1.07. The van der Waals surface area contributed by atoms with Crippen LogP contribution in [0.15, 0.2) is 42.7 Å². The van der Waals surface area contributed by atoms with Gasteiger partial charge in [0.1, 0.15) is 0 Å². The number of hydrogen-bond donors (Lipinski definition) is 2. The molecule has 1 fully saturated rings. The van der Waals surface area contributed by atoms with Crippen LogP contribution in [0.5, 0.6) is 11.5 Å². The highest BCUT2D eigenvalue weighted by atomic mass is 16.5. The lowest BCUT2D eigenvalue weighted by atomic mass is 10.0. The second-order valence-electron chi connectivity index (χ2n) is 6.70. The lowest BCUT2D eigenvalue weighted by Gasteiger charge is -2.36. The van der Waals surface area contributed by atoms with E-state index in [1.807, 2.05) is 37.5 Å². The van der Waals surface area contributed by atoms with Crippen LogP contribution >= 0.6 is 0 Å². The fourth-order valence-electron chi connectivity index (χ4n) is 3.41. The van der Waals surface area contributed by atoms with Gasteiger partial charge in [-0.2, -0.15) is 0 Å². The lowest BCUT2D eigenvalue weighted by Crippen LogP contribution is -2.45. The van der Waals surface area contributed by atoms with Gasteiger partial charge in [0.15, 0.2) is 18.1 Å². The number of rotatable bonds is 8. The molecular weight excluding hydrogens is 356 g/mol. The van der Waals surface area contributed by atoms with Crippen molar-refractivity contribution in [1.29, 1.82) is 0 Å². The van der Waals surface area contributed by atoms with Gasteiger partial charge in [0.25, 0.3) is 5.91 Å². The molecule has 1 unspecified atom stereocenters. The molecule has 1 aromatic carbocycles. The van der Waals surface area contributed by atoms with Crippen LogP contribution in [-0.4, -0.2) is 55.7 Å². The Hall–Kier alpha value is -2.64. The van der Waals surface area contributed by atoms with E-state index in [0.717, 1.165) is 31.7 Å². The molecule has 0 radical (unpaired) electrons. The Morgan fingerprint density at radius 2 is 2.11 bits per heavy atom. The highest BCUT2D eigenvalue weighted by molar-refractivity contribution is 5.77. The first-order chi connectivity index (χ1) is 13.7. The summed E-state index contributed by atoms with van der Waals surface area (Å²) in [6.07, 6.45) is 3.68. The van der Waals surface area contributed by atoms with E-state index >= 15 is 0 Å². The normalized spacial score (nSPS) is 17.1. The lowest BCUT2D eigenvalue weighted by molar-refractivity contribution is -0.123. The van der Waals surface area contributed by atoms with Gasteiger partial charge in [-0.3, -0.25) is 14.7 Å². The number of benzene rings is 1. The van der Waals surface area contributed by atoms with Crippen molar-refractivity contribution < 1.29 is 14.3 Å². The molecule has 1 aliphatic rings. The first kappa shape index (κ1) is 20.1. The van der Waals surface area contributed by atoms with Crippen molar-refractivity contribution in [3.05, 3.63) is 53.9 Å². The SMILES string of the molecule is CCNC(=O)COc1ccc(CN2CCNCC2c2ccncc2)cc1OC. The van der Waals surface area contributed by atoms with Gasteiger partial charge in [0.2, 0.25) is 0 Å². The number of likely N-dealkylation sites (N-methyl/N-ethyl adjacent to an activating group) is 1. The summed E-state index contributed by atoms with van der Waals surface area (Å²) in [5.41, 5.74) is 2.40. The third-order valence-corrected chi connectivity index (χ3v) is 4.79. The number of amides is 1. The Labute approximate surface area is 166 Å². The van der Waals surface area contributed by atoms with Crippen LogP contribution < -0.4 is 20.1 Å². The van der Waals surface area contributed by atoms with Crippen molar-refractivity contribution in [3.8, 4) is 11.5 Å². The third-order valence-electron chi connectivity index (χ3n) is 4.79. The minimum atomic E-state index is -0.144. The Kier molecular flexibility index (Phi) is 7.22. The highest BCUT2D eigenvalue weighted by Gasteiger charge is 2.24. The number of methoxy groups -OCH3 is 1. The molecule has 1 aliphatic heterocycles. The van der Waals surface area contributed by atoms with E-state index in [9.17, 15) is 4.79 Å². The molecule has 2 heterocycles. The number of piperazine rings is 1. The minimum absolute atomic E-state index is 0.0224. The summed E-state index contributed by atoms with van der Waals surface area (Å²) < 4.78 is 11.1. The minimum Gasteiger partial charge on any atom is -0.493 e. The Morgan fingerprint density at radius 1 is 1.29 bits per heavy atom. The molecule has 0 spiro atoms. The fraction of sp³-hybridized carbons (Fsp3) is 0.429. The van der Waals surface area contributed by atoms with E-state index in [1.165, 1.54) is 5.56 Å². The van der Waals surface area contributed by atoms with Crippen LogP contribution in [-0.2, 0) is 11.3 Å². The van der Waals surface area contributed by atoms with E-state index in [0.29, 0.717) is 24.1 Å². The van der Waals surface area contributed by atoms with Gasteiger partial charge in [-0.25, -0.2) is 0 Å². The molecule has 7 nitrogen and oxygen atoms in total. The second kappa shape index (κ2) is 10.1. The predicted octanol–water partition coefficient (Wildman–Crippen LogP) is 1.75. The second-order valence-corrected chi connectivity index (χ2v) is 6.70. The molecule has 0 saturated carbocycles. The number of nitrogens with zero attached hydrogens (tertiary/aromatic N) is 2. The Balaban J connectivity index is 1.70. The number of carbonyl (C=O) groups excluding carboxylic acids is 1. The summed E-state index contributed by atoms with van der Waals surface area (Å²) in [7, 11) is 1.61. The average molecular weight is 384 g/mol. The molecule has 1 saturated heterocycles. The number of pyridine rings is 1. The van der Waals surface area contributed by atoms with E-state index in [4.69, 9.17) is 9.47 Å². The van der Waals surface area contributed by atoms with Crippen LogP contribution in [0.4, 0.5) is 0 Å². The molecule has 1 aromatic heterocycles. The molecular formula is C21H28N4O3. The molecule has 2 aromatic rings. The Morgan fingerprint density at radius 3 is 2.86 bits per heavy atom. The first-order valence-electron chi connectivity index (χ1n) is 9.62. The van der Waals surface area contributed by atoms with Gasteiger partial charge in [0, 0.05) is 51.2 Å². The van der Waals surface area contributed by atoms with E-state index < -0.39 is 0 Å². The third kappa shape index (κ3) is 5.21. The zero-order chi connectivity index (χ0) is 19.8. The van der Waals surface area contributed by atoms with Crippen molar-refractivity contribution >= 4 is 5.91 Å². The van der Waals surface area contributed by atoms with Crippen molar-refractivity contribution in [3.63, 3.8) is 0 Å². The van der Waals surface area contributed by atoms with Crippen LogP contribution in [0.1, 0.15) is 24.1 Å². The molecule has 1 amide bonds. The molecule has 150 valence electrons. The first-order valence-corrected chi connectivity index (χ1v) is 9.62. The maximum Gasteiger partial charge on any atom is 0.257 e. The molecule has 0 aliphatic carbocycles. The van der Waals surface area contributed by atoms with Gasteiger partial charge in [-0.15, -0.1) is 0 Å². The van der Waals surface area contributed by atoms with Crippen molar-refractivity contribution in [2.45, 2.75) is 19.5 Å². The number of carbonyl (C=O) groups is 1. The Bertz CT molecular complexity index is 770. The fourth-order valence-corrected chi connectivity index (χ4v) is 3.41. The molecule has 28 heavy (non-hydrogen) atoms. The molecule has 1 atom stereocenters. The quantitative estimate of drug-likeness (QED) is 0.722. The predicted molar refractivity (Wildman–Crippen MR) is 107 cm³/mol.